The van der Waals surface area contributed by atoms with Gasteiger partial charge in [0.05, 0.1) is 5.92 Å². The maximum atomic E-state index is 11.6. The number of carboxylic acids is 1. The molecular weight excluding hydrogens is 242 g/mol. The van der Waals surface area contributed by atoms with Gasteiger partial charge in [-0.25, -0.2) is 0 Å². The van der Waals surface area contributed by atoms with Gasteiger partial charge < -0.3 is 10.4 Å². The molecule has 0 saturated heterocycles. The van der Waals surface area contributed by atoms with Gasteiger partial charge in [-0.3, -0.25) is 9.59 Å². The molecular formula is C15H21NO3. The molecule has 0 heterocycles. The van der Waals surface area contributed by atoms with Crippen molar-refractivity contribution in [1.29, 1.82) is 0 Å². The number of nitrogens with one attached hydrogen (secondary N) is 1. The Hall–Kier alpha value is -1.84. The summed E-state index contributed by atoms with van der Waals surface area (Å²) in [6, 6.07) is 10.0. The van der Waals surface area contributed by atoms with Crippen molar-refractivity contribution in [2.75, 3.05) is 6.54 Å². The quantitative estimate of drug-likeness (QED) is 0.756. The number of benzene rings is 1. The number of amides is 1. The fourth-order valence-electron chi connectivity index (χ4n) is 1.83. The van der Waals surface area contributed by atoms with E-state index >= 15 is 0 Å². The number of carbonyl (C=O) groups excluding carboxylic acids is 1. The van der Waals surface area contributed by atoms with Crippen molar-refractivity contribution in [3.05, 3.63) is 35.9 Å². The molecule has 0 saturated carbocycles. The summed E-state index contributed by atoms with van der Waals surface area (Å²) in [7, 11) is 0. The van der Waals surface area contributed by atoms with E-state index in [0.29, 0.717) is 12.8 Å². The maximum Gasteiger partial charge on any atom is 0.308 e. The molecule has 1 unspecified atom stereocenters. The Morgan fingerprint density at radius 2 is 1.95 bits per heavy atom. The first-order chi connectivity index (χ1) is 9.13. The Bertz CT molecular complexity index is 403. The molecule has 0 spiro atoms. The molecule has 0 aromatic heterocycles. The van der Waals surface area contributed by atoms with Crippen LogP contribution in [0, 0.1) is 5.92 Å². The summed E-state index contributed by atoms with van der Waals surface area (Å²) >= 11 is 0. The number of aliphatic carboxylic acids is 1. The molecule has 1 aromatic carbocycles. The Labute approximate surface area is 113 Å². The number of rotatable bonds is 8. The summed E-state index contributed by atoms with van der Waals surface area (Å²) in [5.74, 6) is -1.42. The van der Waals surface area contributed by atoms with Gasteiger partial charge in [0.15, 0.2) is 0 Å². The SMILES string of the molecule is CCC(CNC(=O)CCCc1ccccc1)C(=O)O. The third-order valence-corrected chi connectivity index (χ3v) is 3.10. The fourth-order valence-corrected chi connectivity index (χ4v) is 1.83. The second-order valence-corrected chi connectivity index (χ2v) is 4.59. The average Bonchev–Trinajstić information content (AvgIpc) is 2.40. The summed E-state index contributed by atoms with van der Waals surface area (Å²) in [6.45, 7) is 2.02. The number of carboxylic acid groups (broad SMARTS) is 1. The molecule has 1 aromatic rings. The highest BCUT2D eigenvalue weighted by Crippen LogP contribution is 2.05. The van der Waals surface area contributed by atoms with Gasteiger partial charge in [0.2, 0.25) is 5.91 Å². The molecule has 4 heteroatoms. The summed E-state index contributed by atoms with van der Waals surface area (Å²) in [5.41, 5.74) is 1.22. The third kappa shape index (κ3) is 6.04. The first-order valence-corrected chi connectivity index (χ1v) is 6.67. The van der Waals surface area contributed by atoms with E-state index in [-0.39, 0.29) is 12.5 Å². The number of hydrogen-bond acceptors (Lipinski definition) is 2. The maximum absolute atomic E-state index is 11.6. The van der Waals surface area contributed by atoms with E-state index in [9.17, 15) is 9.59 Å². The van der Waals surface area contributed by atoms with Crippen LogP contribution in [-0.2, 0) is 16.0 Å². The van der Waals surface area contributed by atoms with Crippen LogP contribution in [0.2, 0.25) is 0 Å². The lowest BCUT2D eigenvalue weighted by Crippen LogP contribution is -2.32. The molecule has 0 fully saturated rings. The van der Waals surface area contributed by atoms with Crippen molar-refractivity contribution in [3.63, 3.8) is 0 Å². The smallest absolute Gasteiger partial charge is 0.308 e. The second kappa shape index (κ2) is 8.29. The zero-order valence-corrected chi connectivity index (χ0v) is 11.3. The van der Waals surface area contributed by atoms with E-state index in [1.54, 1.807) is 6.92 Å². The molecule has 0 aliphatic rings. The van der Waals surface area contributed by atoms with Crippen LogP contribution in [0.5, 0.6) is 0 Å². The van der Waals surface area contributed by atoms with Crippen molar-refractivity contribution in [1.82, 2.24) is 5.32 Å². The lowest BCUT2D eigenvalue weighted by atomic mass is 10.1. The minimum Gasteiger partial charge on any atom is -0.481 e. The highest BCUT2D eigenvalue weighted by atomic mass is 16.4. The summed E-state index contributed by atoms with van der Waals surface area (Å²) < 4.78 is 0. The van der Waals surface area contributed by atoms with E-state index in [0.717, 1.165) is 12.8 Å². The highest BCUT2D eigenvalue weighted by Gasteiger charge is 2.15. The molecule has 0 radical (unpaired) electrons. The summed E-state index contributed by atoms with van der Waals surface area (Å²) in [6.07, 6.45) is 2.61. The zero-order chi connectivity index (χ0) is 14.1. The van der Waals surface area contributed by atoms with E-state index < -0.39 is 11.9 Å². The molecule has 0 bridgehead atoms. The molecule has 0 aliphatic heterocycles. The minimum absolute atomic E-state index is 0.0735. The van der Waals surface area contributed by atoms with Gasteiger partial charge >= 0.3 is 5.97 Å². The molecule has 1 rings (SSSR count). The predicted molar refractivity (Wildman–Crippen MR) is 73.8 cm³/mol. The van der Waals surface area contributed by atoms with Gasteiger partial charge in [0, 0.05) is 13.0 Å². The van der Waals surface area contributed by atoms with Crippen LogP contribution in [0.3, 0.4) is 0 Å². The van der Waals surface area contributed by atoms with Crippen LogP contribution in [0.25, 0.3) is 0 Å². The van der Waals surface area contributed by atoms with Gasteiger partial charge in [0.25, 0.3) is 0 Å². The number of hydrogen-bond donors (Lipinski definition) is 2. The molecule has 1 atom stereocenters. The van der Waals surface area contributed by atoms with Crippen LogP contribution >= 0.6 is 0 Å². The lowest BCUT2D eigenvalue weighted by Gasteiger charge is -2.10. The zero-order valence-electron chi connectivity index (χ0n) is 11.3. The van der Waals surface area contributed by atoms with Crippen molar-refractivity contribution < 1.29 is 14.7 Å². The monoisotopic (exact) mass is 263 g/mol. The van der Waals surface area contributed by atoms with Crippen LogP contribution in [-0.4, -0.2) is 23.5 Å². The van der Waals surface area contributed by atoms with E-state index in [1.165, 1.54) is 5.56 Å². The molecule has 0 aliphatic carbocycles. The topological polar surface area (TPSA) is 66.4 Å². The predicted octanol–water partition coefficient (Wildman–Crippen LogP) is 2.24. The van der Waals surface area contributed by atoms with E-state index in [4.69, 9.17) is 5.11 Å². The normalized spacial score (nSPS) is 11.8. The molecule has 104 valence electrons. The first kappa shape index (κ1) is 15.2. The van der Waals surface area contributed by atoms with Gasteiger partial charge in [-0.2, -0.15) is 0 Å². The van der Waals surface area contributed by atoms with Gasteiger partial charge in [0.1, 0.15) is 0 Å². The Morgan fingerprint density at radius 1 is 1.26 bits per heavy atom. The summed E-state index contributed by atoms with van der Waals surface area (Å²) in [4.78, 5) is 22.4. The highest BCUT2D eigenvalue weighted by molar-refractivity contribution is 5.77. The lowest BCUT2D eigenvalue weighted by molar-refractivity contribution is -0.141. The molecule has 1 amide bonds. The largest absolute Gasteiger partial charge is 0.481 e. The van der Waals surface area contributed by atoms with Gasteiger partial charge in [-0.15, -0.1) is 0 Å². The Kier molecular flexibility index (Phi) is 6.64. The first-order valence-electron chi connectivity index (χ1n) is 6.67. The number of aryl methyl sites for hydroxylation is 1. The van der Waals surface area contributed by atoms with Crippen LogP contribution < -0.4 is 5.32 Å². The Balaban J connectivity index is 2.19. The standard InChI is InChI=1S/C15H21NO3/c1-2-13(15(18)19)11-16-14(17)10-6-9-12-7-4-3-5-8-12/h3-5,7-8,13H,2,6,9-11H2,1H3,(H,16,17)(H,18,19). The van der Waals surface area contributed by atoms with Gasteiger partial charge in [-0.05, 0) is 24.8 Å². The molecule has 4 nitrogen and oxygen atoms in total. The fraction of sp³-hybridized carbons (Fsp3) is 0.467. The van der Waals surface area contributed by atoms with Crippen molar-refractivity contribution in [2.45, 2.75) is 32.6 Å². The van der Waals surface area contributed by atoms with E-state index in [2.05, 4.69) is 5.32 Å². The van der Waals surface area contributed by atoms with Crippen LogP contribution in [0.15, 0.2) is 30.3 Å². The average molecular weight is 263 g/mol. The molecule has 19 heavy (non-hydrogen) atoms. The van der Waals surface area contributed by atoms with Gasteiger partial charge in [-0.1, -0.05) is 37.3 Å². The summed E-state index contributed by atoms with van der Waals surface area (Å²) in [5, 5.41) is 11.5. The van der Waals surface area contributed by atoms with Crippen molar-refractivity contribution >= 4 is 11.9 Å². The third-order valence-electron chi connectivity index (χ3n) is 3.10. The van der Waals surface area contributed by atoms with Crippen molar-refractivity contribution in [3.8, 4) is 0 Å². The van der Waals surface area contributed by atoms with Crippen LogP contribution in [0.1, 0.15) is 31.7 Å². The second-order valence-electron chi connectivity index (χ2n) is 4.59. The Morgan fingerprint density at radius 3 is 2.53 bits per heavy atom. The molecule has 2 N–H and O–H groups in total. The van der Waals surface area contributed by atoms with Crippen LogP contribution in [0.4, 0.5) is 0 Å². The van der Waals surface area contributed by atoms with Crippen molar-refractivity contribution in [2.24, 2.45) is 5.92 Å². The minimum atomic E-state index is -0.855. The van der Waals surface area contributed by atoms with E-state index in [1.807, 2.05) is 30.3 Å². The number of carbonyl (C=O) groups is 2.